The molecule has 0 spiro atoms. The molecule has 0 aliphatic carbocycles. The topological polar surface area (TPSA) is 119 Å². The number of rotatable bonds is 11. The molecule has 0 radical (unpaired) electrons. The molecule has 0 fully saturated rings. The zero-order valence-electron chi connectivity index (χ0n) is 20.0. The van der Waals surface area contributed by atoms with Gasteiger partial charge in [-0.3, -0.25) is 9.59 Å². The summed E-state index contributed by atoms with van der Waals surface area (Å²) in [5.41, 5.74) is 0.556. The zero-order valence-corrected chi connectivity index (χ0v) is 20.0. The molecule has 4 rings (SSSR count). The number of carbonyl (C=O) groups excluding carboxylic acids is 2. The monoisotopic (exact) mass is 494 g/mol. The highest BCUT2D eigenvalue weighted by Crippen LogP contribution is 2.25. The van der Waals surface area contributed by atoms with Crippen molar-refractivity contribution in [1.29, 1.82) is 0 Å². The number of nitrogens with zero attached hydrogens (tertiary/aromatic N) is 5. The highest BCUT2D eigenvalue weighted by molar-refractivity contribution is 5.88. The van der Waals surface area contributed by atoms with Gasteiger partial charge < -0.3 is 19.1 Å². The van der Waals surface area contributed by atoms with E-state index in [9.17, 15) is 14.0 Å². The van der Waals surface area contributed by atoms with E-state index in [1.807, 2.05) is 0 Å². The predicted octanol–water partition coefficient (Wildman–Crippen LogP) is 3.60. The first-order chi connectivity index (χ1) is 17.4. The van der Waals surface area contributed by atoms with Crippen molar-refractivity contribution in [2.45, 2.75) is 39.4 Å². The maximum absolute atomic E-state index is 13.5. The minimum atomic E-state index is -1.04. The lowest BCUT2D eigenvalue weighted by Crippen LogP contribution is -2.45. The molecule has 0 saturated heterocycles. The summed E-state index contributed by atoms with van der Waals surface area (Å²) in [5, 5.41) is 15.1. The molecule has 3 aromatic heterocycles. The Hall–Kier alpha value is -4.28. The standard InChI is InChI=1S/C25H27FN6O4/c1-17(2)11-12-27-25(34)23(21-6-4-14-36-21)31(15-20-5-3-13-35-20)22(33)16-32-29-24(28-30-32)18-7-9-19(26)10-8-18/h3-10,13-14,17,23H,11-12,15-16H2,1-2H3,(H,27,34)/t23-/m1/s1. The van der Waals surface area contributed by atoms with Crippen molar-refractivity contribution in [2.24, 2.45) is 5.92 Å². The fraction of sp³-hybridized carbons (Fsp3) is 0.320. The van der Waals surface area contributed by atoms with Gasteiger partial charge in [0.1, 0.15) is 23.9 Å². The van der Waals surface area contributed by atoms with Gasteiger partial charge in [0.2, 0.25) is 11.7 Å². The fourth-order valence-electron chi connectivity index (χ4n) is 3.58. The molecule has 0 aliphatic heterocycles. The van der Waals surface area contributed by atoms with E-state index in [-0.39, 0.29) is 30.6 Å². The average molecular weight is 495 g/mol. The van der Waals surface area contributed by atoms with Gasteiger partial charge in [0, 0.05) is 12.1 Å². The molecule has 0 bridgehead atoms. The molecule has 2 amide bonds. The normalized spacial score (nSPS) is 12.0. The molecule has 3 heterocycles. The summed E-state index contributed by atoms with van der Waals surface area (Å²) in [7, 11) is 0. The fourth-order valence-corrected chi connectivity index (χ4v) is 3.58. The molecule has 0 saturated carbocycles. The second-order valence-corrected chi connectivity index (χ2v) is 8.64. The lowest BCUT2D eigenvalue weighted by Gasteiger charge is -2.29. The number of hydrogen-bond acceptors (Lipinski definition) is 7. The molecule has 1 N–H and O–H groups in total. The Morgan fingerprint density at radius 2 is 1.83 bits per heavy atom. The first kappa shape index (κ1) is 24.8. The van der Waals surface area contributed by atoms with Gasteiger partial charge >= 0.3 is 0 Å². The maximum atomic E-state index is 13.5. The van der Waals surface area contributed by atoms with Crippen molar-refractivity contribution in [2.75, 3.05) is 6.54 Å². The largest absolute Gasteiger partial charge is 0.467 e. The van der Waals surface area contributed by atoms with Gasteiger partial charge in [-0.05, 0) is 66.1 Å². The molecule has 1 aromatic carbocycles. The quantitative estimate of drug-likeness (QED) is 0.338. The van der Waals surface area contributed by atoms with Gasteiger partial charge in [0.25, 0.3) is 5.91 Å². The Morgan fingerprint density at radius 1 is 1.08 bits per heavy atom. The van der Waals surface area contributed by atoms with Crippen molar-refractivity contribution in [3.63, 3.8) is 0 Å². The van der Waals surface area contributed by atoms with Gasteiger partial charge in [-0.25, -0.2) is 4.39 Å². The van der Waals surface area contributed by atoms with E-state index in [1.54, 1.807) is 24.3 Å². The van der Waals surface area contributed by atoms with Crippen LogP contribution in [0.1, 0.15) is 37.8 Å². The van der Waals surface area contributed by atoms with E-state index in [0.29, 0.717) is 29.5 Å². The third-order valence-electron chi connectivity index (χ3n) is 5.45. The van der Waals surface area contributed by atoms with Crippen molar-refractivity contribution >= 4 is 11.8 Å². The van der Waals surface area contributed by atoms with Gasteiger partial charge in [0.15, 0.2) is 6.04 Å². The molecule has 0 unspecified atom stereocenters. The molecular weight excluding hydrogens is 467 g/mol. The molecule has 36 heavy (non-hydrogen) atoms. The maximum Gasteiger partial charge on any atom is 0.250 e. The number of aromatic nitrogens is 4. The summed E-state index contributed by atoms with van der Waals surface area (Å²) in [6, 6.07) is 11.3. The SMILES string of the molecule is CC(C)CCNC(=O)[C@@H](c1ccco1)N(Cc1ccco1)C(=O)Cn1nnc(-c2ccc(F)cc2)n1. The van der Waals surface area contributed by atoms with Crippen molar-refractivity contribution in [3.05, 3.63) is 78.4 Å². The summed E-state index contributed by atoms with van der Waals surface area (Å²) in [6.45, 7) is 4.32. The molecule has 1 atom stereocenters. The summed E-state index contributed by atoms with van der Waals surface area (Å²) in [6.07, 6.45) is 3.74. The molecule has 0 aliphatic rings. The Balaban J connectivity index is 1.58. The molecule has 4 aromatic rings. The molecule has 11 heteroatoms. The summed E-state index contributed by atoms with van der Waals surface area (Å²) in [5.74, 6) is 0.254. The van der Waals surface area contributed by atoms with Crippen LogP contribution in [-0.2, 0) is 22.7 Å². The highest BCUT2D eigenvalue weighted by Gasteiger charge is 2.34. The van der Waals surface area contributed by atoms with Crippen molar-refractivity contribution in [3.8, 4) is 11.4 Å². The highest BCUT2D eigenvalue weighted by atomic mass is 19.1. The molecule has 10 nitrogen and oxygen atoms in total. The Bertz CT molecular complexity index is 1250. The van der Waals surface area contributed by atoms with Crippen LogP contribution in [-0.4, -0.2) is 43.5 Å². The van der Waals surface area contributed by atoms with Gasteiger partial charge in [-0.1, -0.05) is 13.8 Å². The third-order valence-corrected chi connectivity index (χ3v) is 5.45. The van der Waals surface area contributed by atoms with E-state index < -0.39 is 11.9 Å². The first-order valence-corrected chi connectivity index (χ1v) is 11.6. The second-order valence-electron chi connectivity index (χ2n) is 8.64. The number of carbonyl (C=O) groups is 2. The smallest absolute Gasteiger partial charge is 0.250 e. The lowest BCUT2D eigenvalue weighted by molar-refractivity contribution is -0.143. The van der Waals surface area contributed by atoms with Gasteiger partial charge in [0.05, 0.1) is 19.1 Å². The number of benzene rings is 1. The number of amides is 2. The van der Waals surface area contributed by atoms with Crippen LogP contribution in [0.15, 0.2) is 69.9 Å². The van der Waals surface area contributed by atoms with Crippen LogP contribution >= 0.6 is 0 Å². The van der Waals surface area contributed by atoms with E-state index in [1.165, 1.54) is 41.7 Å². The van der Waals surface area contributed by atoms with Crippen LogP contribution in [0.5, 0.6) is 0 Å². The summed E-state index contributed by atoms with van der Waals surface area (Å²) >= 11 is 0. The minimum absolute atomic E-state index is 0.0221. The van der Waals surface area contributed by atoms with E-state index in [2.05, 4.69) is 34.6 Å². The van der Waals surface area contributed by atoms with Gasteiger partial charge in [-0.2, -0.15) is 4.80 Å². The van der Waals surface area contributed by atoms with E-state index in [4.69, 9.17) is 8.83 Å². The second kappa shape index (κ2) is 11.4. The lowest BCUT2D eigenvalue weighted by atomic mass is 10.1. The Labute approximate surface area is 207 Å². The van der Waals surface area contributed by atoms with E-state index in [0.717, 1.165) is 11.2 Å². The average Bonchev–Trinajstić information content (AvgIpc) is 3.63. The minimum Gasteiger partial charge on any atom is -0.467 e. The zero-order chi connectivity index (χ0) is 25.5. The summed E-state index contributed by atoms with van der Waals surface area (Å²) < 4.78 is 24.2. The van der Waals surface area contributed by atoms with Crippen LogP contribution in [0, 0.1) is 11.7 Å². The summed E-state index contributed by atoms with van der Waals surface area (Å²) in [4.78, 5) is 29.3. The number of hydrogen-bond donors (Lipinski definition) is 1. The van der Waals surface area contributed by atoms with E-state index >= 15 is 0 Å². The van der Waals surface area contributed by atoms with Crippen LogP contribution in [0.25, 0.3) is 11.4 Å². The number of halogens is 1. The number of nitrogens with one attached hydrogen (secondary N) is 1. The van der Waals surface area contributed by atoms with Crippen LogP contribution in [0.4, 0.5) is 4.39 Å². The number of tetrazole rings is 1. The van der Waals surface area contributed by atoms with Crippen molar-refractivity contribution < 1.29 is 22.8 Å². The van der Waals surface area contributed by atoms with Crippen LogP contribution in [0.2, 0.25) is 0 Å². The van der Waals surface area contributed by atoms with Crippen molar-refractivity contribution in [1.82, 2.24) is 30.4 Å². The Morgan fingerprint density at radius 3 is 2.50 bits per heavy atom. The number of furan rings is 2. The first-order valence-electron chi connectivity index (χ1n) is 11.6. The molecule has 188 valence electrons. The predicted molar refractivity (Wildman–Crippen MR) is 126 cm³/mol. The Kier molecular flexibility index (Phi) is 7.89. The third kappa shape index (κ3) is 6.23. The van der Waals surface area contributed by atoms with Crippen LogP contribution < -0.4 is 5.32 Å². The van der Waals surface area contributed by atoms with Gasteiger partial charge in [-0.15, -0.1) is 10.2 Å². The molecular formula is C25H27FN6O4. The van der Waals surface area contributed by atoms with Crippen LogP contribution in [0.3, 0.4) is 0 Å².